The van der Waals surface area contributed by atoms with Crippen molar-refractivity contribution in [2.24, 2.45) is 5.92 Å². The van der Waals surface area contributed by atoms with Crippen LogP contribution >= 0.6 is 11.3 Å². The first-order chi connectivity index (χ1) is 10.3. The molecule has 21 heavy (non-hydrogen) atoms. The SMILES string of the molecule is O=Cc1sc(N(CC2CC2)C2CC2)nc1-c1ccccc1. The zero-order valence-electron chi connectivity index (χ0n) is 11.9. The summed E-state index contributed by atoms with van der Waals surface area (Å²) in [4.78, 5) is 19.4. The van der Waals surface area contributed by atoms with Crippen LogP contribution in [-0.2, 0) is 0 Å². The lowest BCUT2D eigenvalue weighted by Crippen LogP contribution is -2.27. The fraction of sp³-hybridized carbons (Fsp3) is 0.412. The molecule has 0 bridgehead atoms. The highest BCUT2D eigenvalue weighted by molar-refractivity contribution is 7.17. The van der Waals surface area contributed by atoms with E-state index in [4.69, 9.17) is 4.98 Å². The molecule has 0 saturated heterocycles. The van der Waals surface area contributed by atoms with Gasteiger partial charge in [0.2, 0.25) is 0 Å². The van der Waals surface area contributed by atoms with E-state index >= 15 is 0 Å². The summed E-state index contributed by atoms with van der Waals surface area (Å²) in [6.45, 7) is 1.12. The highest BCUT2D eigenvalue weighted by Gasteiger charge is 2.35. The molecular weight excluding hydrogens is 280 g/mol. The molecule has 0 atom stereocenters. The zero-order chi connectivity index (χ0) is 14.2. The standard InChI is InChI=1S/C17H18N2OS/c20-11-15-16(13-4-2-1-3-5-13)18-17(21-15)19(14-8-9-14)10-12-6-7-12/h1-5,11-12,14H,6-10H2. The van der Waals surface area contributed by atoms with Gasteiger partial charge in [-0.05, 0) is 31.6 Å². The summed E-state index contributed by atoms with van der Waals surface area (Å²) in [6.07, 6.45) is 6.18. The van der Waals surface area contributed by atoms with Gasteiger partial charge in [-0.15, -0.1) is 0 Å². The lowest BCUT2D eigenvalue weighted by Gasteiger charge is -2.21. The van der Waals surface area contributed by atoms with Gasteiger partial charge in [0.25, 0.3) is 0 Å². The molecule has 0 unspecified atom stereocenters. The molecule has 3 nitrogen and oxygen atoms in total. The topological polar surface area (TPSA) is 33.2 Å². The molecule has 1 aromatic heterocycles. The van der Waals surface area contributed by atoms with Gasteiger partial charge in [-0.2, -0.15) is 0 Å². The normalized spacial score (nSPS) is 17.7. The van der Waals surface area contributed by atoms with Crippen molar-refractivity contribution >= 4 is 22.8 Å². The Labute approximate surface area is 128 Å². The van der Waals surface area contributed by atoms with Gasteiger partial charge in [0.15, 0.2) is 11.4 Å². The van der Waals surface area contributed by atoms with Crippen LogP contribution in [0.2, 0.25) is 0 Å². The predicted octanol–water partition coefficient (Wildman–Crippen LogP) is 4.00. The van der Waals surface area contributed by atoms with Crippen molar-refractivity contribution in [3.05, 3.63) is 35.2 Å². The predicted molar refractivity (Wildman–Crippen MR) is 86.0 cm³/mol. The van der Waals surface area contributed by atoms with E-state index in [1.165, 1.54) is 25.7 Å². The van der Waals surface area contributed by atoms with Crippen molar-refractivity contribution in [3.8, 4) is 11.3 Å². The second-order valence-corrected chi connectivity index (χ2v) is 7.03. The summed E-state index contributed by atoms with van der Waals surface area (Å²) in [5.74, 6) is 0.842. The number of benzene rings is 1. The van der Waals surface area contributed by atoms with Crippen LogP contribution in [0.4, 0.5) is 5.13 Å². The lowest BCUT2D eigenvalue weighted by atomic mass is 10.1. The summed E-state index contributed by atoms with van der Waals surface area (Å²) < 4.78 is 0. The van der Waals surface area contributed by atoms with Crippen molar-refractivity contribution < 1.29 is 4.79 Å². The van der Waals surface area contributed by atoms with Crippen molar-refractivity contribution in [2.75, 3.05) is 11.4 Å². The van der Waals surface area contributed by atoms with E-state index in [0.717, 1.165) is 40.0 Å². The molecule has 2 aromatic rings. The monoisotopic (exact) mass is 298 g/mol. The van der Waals surface area contributed by atoms with Gasteiger partial charge < -0.3 is 4.90 Å². The van der Waals surface area contributed by atoms with Crippen molar-refractivity contribution in [1.29, 1.82) is 0 Å². The molecule has 0 spiro atoms. The third-order valence-electron chi connectivity index (χ3n) is 4.18. The quantitative estimate of drug-likeness (QED) is 0.756. The Morgan fingerprint density at radius 2 is 1.95 bits per heavy atom. The number of nitrogens with zero attached hydrogens (tertiary/aromatic N) is 2. The highest BCUT2D eigenvalue weighted by Crippen LogP contribution is 2.41. The molecule has 0 radical (unpaired) electrons. The minimum atomic E-state index is 0.653. The smallest absolute Gasteiger partial charge is 0.186 e. The molecule has 0 aliphatic heterocycles. The Kier molecular flexibility index (Phi) is 3.26. The molecule has 4 heteroatoms. The third-order valence-corrected chi connectivity index (χ3v) is 5.20. The molecule has 0 amide bonds. The molecule has 2 saturated carbocycles. The number of aromatic nitrogens is 1. The maximum atomic E-state index is 11.4. The van der Waals surface area contributed by atoms with E-state index in [2.05, 4.69) is 4.90 Å². The molecular formula is C17H18N2OS. The average Bonchev–Trinajstić information content (AvgIpc) is 3.43. The highest BCUT2D eigenvalue weighted by atomic mass is 32.1. The van der Waals surface area contributed by atoms with E-state index in [-0.39, 0.29) is 0 Å². The molecule has 108 valence electrons. The number of hydrogen-bond acceptors (Lipinski definition) is 4. The first-order valence-electron chi connectivity index (χ1n) is 7.63. The first kappa shape index (κ1) is 13.0. The van der Waals surface area contributed by atoms with Gasteiger partial charge in [0, 0.05) is 18.2 Å². The van der Waals surface area contributed by atoms with Crippen LogP contribution in [0.15, 0.2) is 30.3 Å². The van der Waals surface area contributed by atoms with Gasteiger partial charge in [-0.1, -0.05) is 41.7 Å². The van der Waals surface area contributed by atoms with Gasteiger partial charge in [-0.25, -0.2) is 4.98 Å². The maximum absolute atomic E-state index is 11.4. The van der Waals surface area contributed by atoms with Crippen LogP contribution in [0.5, 0.6) is 0 Å². The maximum Gasteiger partial charge on any atom is 0.186 e. The molecule has 4 rings (SSSR count). The van der Waals surface area contributed by atoms with Crippen molar-refractivity contribution in [3.63, 3.8) is 0 Å². The Hall–Kier alpha value is -1.68. The second kappa shape index (κ2) is 5.26. The summed E-state index contributed by atoms with van der Waals surface area (Å²) in [5.41, 5.74) is 1.87. The van der Waals surface area contributed by atoms with E-state index in [1.54, 1.807) is 11.3 Å². The minimum absolute atomic E-state index is 0.653. The third kappa shape index (κ3) is 2.72. The second-order valence-electron chi connectivity index (χ2n) is 6.02. The largest absolute Gasteiger partial charge is 0.345 e. The van der Waals surface area contributed by atoms with Crippen LogP contribution in [0.25, 0.3) is 11.3 Å². The van der Waals surface area contributed by atoms with Crippen molar-refractivity contribution in [2.45, 2.75) is 31.7 Å². The summed E-state index contributed by atoms with van der Waals surface area (Å²) in [6, 6.07) is 10.7. The van der Waals surface area contributed by atoms with Gasteiger partial charge in [0.05, 0.1) is 10.6 Å². The van der Waals surface area contributed by atoms with E-state index in [1.807, 2.05) is 30.3 Å². The summed E-state index contributed by atoms with van der Waals surface area (Å²) in [7, 11) is 0. The molecule has 1 heterocycles. The van der Waals surface area contributed by atoms with Crippen LogP contribution in [0.3, 0.4) is 0 Å². The Morgan fingerprint density at radius 3 is 2.57 bits per heavy atom. The molecule has 2 aliphatic carbocycles. The van der Waals surface area contributed by atoms with Crippen LogP contribution in [0.1, 0.15) is 35.4 Å². The Balaban J connectivity index is 1.69. The van der Waals surface area contributed by atoms with Gasteiger partial charge >= 0.3 is 0 Å². The van der Waals surface area contributed by atoms with Crippen LogP contribution in [0, 0.1) is 5.92 Å². The number of carbonyl (C=O) groups is 1. The molecule has 1 aromatic carbocycles. The molecule has 0 N–H and O–H groups in total. The minimum Gasteiger partial charge on any atom is -0.345 e. The van der Waals surface area contributed by atoms with E-state index < -0.39 is 0 Å². The van der Waals surface area contributed by atoms with E-state index in [9.17, 15) is 4.79 Å². The zero-order valence-corrected chi connectivity index (χ0v) is 12.7. The first-order valence-corrected chi connectivity index (χ1v) is 8.45. The number of carbonyl (C=O) groups excluding carboxylic acids is 1. The number of rotatable bonds is 6. The number of hydrogen-bond donors (Lipinski definition) is 0. The summed E-state index contributed by atoms with van der Waals surface area (Å²) in [5, 5.41) is 1.03. The molecule has 2 fully saturated rings. The van der Waals surface area contributed by atoms with E-state index in [0.29, 0.717) is 6.04 Å². The van der Waals surface area contributed by atoms with Gasteiger partial charge in [-0.3, -0.25) is 4.79 Å². The number of thiazole rings is 1. The Bertz CT molecular complexity index is 644. The van der Waals surface area contributed by atoms with Crippen LogP contribution < -0.4 is 4.90 Å². The van der Waals surface area contributed by atoms with Gasteiger partial charge in [0.1, 0.15) is 0 Å². The number of aldehydes is 1. The average molecular weight is 298 g/mol. The molecule has 2 aliphatic rings. The van der Waals surface area contributed by atoms with Crippen LogP contribution in [-0.4, -0.2) is 23.9 Å². The lowest BCUT2D eigenvalue weighted by molar-refractivity contribution is 0.112. The summed E-state index contributed by atoms with van der Waals surface area (Å²) >= 11 is 1.55. The fourth-order valence-electron chi connectivity index (χ4n) is 2.67. The fourth-order valence-corrected chi connectivity index (χ4v) is 3.66. The number of anilines is 1. The Morgan fingerprint density at radius 1 is 1.19 bits per heavy atom. The van der Waals surface area contributed by atoms with Crippen molar-refractivity contribution in [1.82, 2.24) is 4.98 Å².